The third kappa shape index (κ3) is 8.83. The zero-order valence-electron chi connectivity index (χ0n) is 26.8. The van der Waals surface area contributed by atoms with Crippen molar-refractivity contribution >= 4 is 60.8 Å². The first-order valence-corrected chi connectivity index (χ1v) is 16.8. The predicted molar refractivity (Wildman–Crippen MR) is 189 cm³/mol. The van der Waals surface area contributed by atoms with E-state index in [9.17, 15) is 14.3 Å². The minimum Gasteiger partial charge on any atom is -0.491 e. The number of halogens is 1. The molecule has 0 radical (unpaired) electrons. The van der Waals surface area contributed by atoms with Crippen molar-refractivity contribution in [3.63, 3.8) is 0 Å². The number of aromatic carboxylic acids is 1. The number of hydrogen-bond acceptors (Lipinski definition) is 11. The second-order valence-corrected chi connectivity index (χ2v) is 13.1. The summed E-state index contributed by atoms with van der Waals surface area (Å²) >= 11 is 2.79. The number of nitrogens with zero attached hydrogens (tertiary/aromatic N) is 6. The van der Waals surface area contributed by atoms with Gasteiger partial charge in [0, 0.05) is 23.4 Å². The molecule has 0 aliphatic carbocycles. The largest absolute Gasteiger partial charge is 0.491 e. The second-order valence-electron chi connectivity index (χ2n) is 11.0. The van der Waals surface area contributed by atoms with Gasteiger partial charge in [-0.25, -0.2) is 19.2 Å². The topological polar surface area (TPSA) is 117 Å². The fraction of sp³-hybridized carbons (Fsp3) is 0.286. The standard InChI is InChI=1S/C35H34FN7O3S2/c1-5-6-9-19-43(30-21-23(2)32(41-40-30)39-34-37-26-13-7-8-14-28(26)47-34)35-38-31(33(44)45)29(48-35)15-11-20-46-27-17-16-24(22-25(27)36)12-10-18-42(3)4/h1,7-8,13-14,16-17,21-22H,6,9,11,15,18-20H2,2-4H3,(H,44,45)(H,37,39,41). The number of benzene rings is 2. The Morgan fingerprint density at radius 2 is 1.94 bits per heavy atom. The Balaban J connectivity index is 1.28. The van der Waals surface area contributed by atoms with Crippen LogP contribution in [-0.4, -0.2) is 69.9 Å². The zero-order chi connectivity index (χ0) is 34.0. The summed E-state index contributed by atoms with van der Waals surface area (Å²) < 4.78 is 21.4. The maximum atomic E-state index is 14.6. The van der Waals surface area contributed by atoms with E-state index in [-0.39, 0.29) is 18.1 Å². The van der Waals surface area contributed by atoms with Gasteiger partial charge in [-0.15, -0.1) is 33.9 Å². The molecule has 0 spiro atoms. The quantitative estimate of drug-likeness (QED) is 0.0945. The molecule has 0 aliphatic heterocycles. The number of carboxylic acid groups (broad SMARTS) is 1. The van der Waals surface area contributed by atoms with Crippen molar-refractivity contribution in [1.82, 2.24) is 25.1 Å². The van der Waals surface area contributed by atoms with E-state index in [1.165, 1.54) is 28.7 Å². The van der Waals surface area contributed by atoms with E-state index < -0.39 is 11.8 Å². The number of para-hydroxylation sites is 1. The Labute approximate surface area is 286 Å². The lowest BCUT2D eigenvalue weighted by molar-refractivity contribution is 0.0690. The number of hydrogen-bond donors (Lipinski definition) is 2. The van der Waals surface area contributed by atoms with Gasteiger partial charge in [0.25, 0.3) is 0 Å². The van der Waals surface area contributed by atoms with E-state index in [0.29, 0.717) is 71.1 Å². The van der Waals surface area contributed by atoms with Crippen LogP contribution in [0.1, 0.15) is 45.8 Å². The molecular weight excluding hydrogens is 650 g/mol. The van der Waals surface area contributed by atoms with Crippen LogP contribution in [0, 0.1) is 36.9 Å². The van der Waals surface area contributed by atoms with Crippen LogP contribution in [0.2, 0.25) is 0 Å². The van der Waals surface area contributed by atoms with E-state index in [1.807, 2.05) is 61.2 Å². The molecule has 0 bridgehead atoms. The van der Waals surface area contributed by atoms with Gasteiger partial charge in [-0.2, -0.15) is 0 Å². The highest BCUT2D eigenvalue weighted by atomic mass is 32.1. The maximum Gasteiger partial charge on any atom is 0.355 e. The average Bonchev–Trinajstić information content (AvgIpc) is 3.67. The van der Waals surface area contributed by atoms with Crippen LogP contribution in [0.5, 0.6) is 5.75 Å². The number of terminal acetylenes is 1. The smallest absolute Gasteiger partial charge is 0.355 e. The Morgan fingerprint density at radius 1 is 1.10 bits per heavy atom. The highest BCUT2D eigenvalue weighted by molar-refractivity contribution is 7.22. The molecule has 0 saturated heterocycles. The summed E-state index contributed by atoms with van der Waals surface area (Å²) in [6.07, 6.45) is 7.52. The number of carboxylic acids is 1. The third-order valence-electron chi connectivity index (χ3n) is 6.96. The van der Waals surface area contributed by atoms with Gasteiger partial charge in [0.15, 0.2) is 39.2 Å². The monoisotopic (exact) mass is 683 g/mol. The Bertz CT molecular complexity index is 1980. The molecule has 0 amide bonds. The maximum absolute atomic E-state index is 14.6. The van der Waals surface area contributed by atoms with Crippen LogP contribution in [0.15, 0.2) is 48.5 Å². The Kier molecular flexibility index (Phi) is 11.5. The van der Waals surface area contributed by atoms with Crippen LogP contribution >= 0.6 is 22.7 Å². The van der Waals surface area contributed by atoms with Crippen molar-refractivity contribution in [3.05, 3.63) is 76.0 Å². The number of anilines is 4. The lowest BCUT2D eigenvalue weighted by Crippen LogP contribution is -2.20. The van der Waals surface area contributed by atoms with Gasteiger partial charge in [-0.1, -0.05) is 35.3 Å². The van der Waals surface area contributed by atoms with Crippen LogP contribution in [0.3, 0.4) is 0 Å². The van der Waals surface area contributed by atoms with Gasteiger partial charge in [-0.05, 0) is 82.2 Å². The molecule has 3 aromatic heterocycles. The van der Waals surface area contributed by atoms with Gasteiger partial charge < -0.3 is 20.1 Å². The Morgan fingerprint density at radius 3 is 2.67 bits per heavy atom. The van der Waals surface area contributed by atoms with Crippen LogP contribution in [-0.2, 0) is 6.42 Å². The molecule has 5 aromatic rings. The van der Waals surface area contributed by atoms with Crippen LogP contribution < -0.4 is 15.0 Å². The van der Waals surface area contributed by atoms with Gasteiger partial charge in [-0.3, -0.25) is 4.90 Å². The van der Waals surface area contributed by atoms with Crippen molar-refractivity contribution in [1.29, 1.82) is 0 Å². The summed E-state index contributed by atoms with van der Waals surface area (Å²) in [6, 6.07) is 14.4. The lowest BCUT2D eigenvalue weighted by atomic mass is 10.2. The summed E-state index contributed by atoms with van der Waals surface area (Å²) in [5, 5.41) is 23.3. The predicted octanol–water partition coefficient (Wildman–Crippen LogP) is 6.91. The minimum atomic E-state index is -1.13. The SMILES string of the molecule is C#CCCCN(c1cc(C)c(Nc2nc3ccccc3s2)nn1)c1nc(C(=O)O)c(CCCOc2ccc(C#CCN(C)C)cc2F)s1. The number of unbranched alkanes of at least 4 members (excludes halogenated alkanes) is 1. The van der Waals surface area contributed by atoms with Gasteiger partial charge in [0.1, 0.15) is 0 Å². The van der Waals surface area contributed by atoms with Crippen molar-refractivity contribution in [3.8, 4) is 29.9 Å². The van der Waals surface area contributed by atoms with Crippen molar-refractivity contribution in [2.75, 3.05) is 44.0 Å². The molecule has 48 heavy (non-hydrogen) atoms. The first kappa shape index (κ1) is 34.3. The van der Waals surface area contributed by atoms with Crippen molar-refractivity contribution < 1.29 is 19.0 Å². The number of nitrogens with one attached hydrogen (secondary N) is 1. The number of aromatic nitrogens is 4. The summed E-state index contributed by atoms with van der Waals surface area (Å²) in [5.41, 5.74) is 2.25. The summed E-state index contributed by atoms with van der Waals surface area (Å²) in [7, 11) is 3.82. The molecule has 10 nitrogen and oxygen atoms in total. The minimum absolute atomic E-state index is 0.0393. The second kappa shape index (κ2) is 16.2. The molecule has 0 aliphatic rings. The number of ether oxygens (including phenoxy) is 1. The number of carbonyl (C=O) groups is 1. The average molecular weight is 684 g/mol. The highest BCUT2D eigenvalue weighted by Crippen LogP contribution is 2.34. The van der Waals surface area contributed by atoms with Gasteiger partial charge >= 0.3 is 5.97 Å². The number of fused-ring (bicyclic) bond motifs is 1. The molecule has 0 fully saturated rings. The van der Waals surface area contributed by atoms with E-state index in [4.69, 9.17) is 11.2 Å². The van der Waals surface area contributed by atoms with E-state index in [0.717, 1.165) is 15.8 Å². The van der Waals surface area contributed by atoms with Crippen LogP contribution in [0.25, 0.3) is 10.2 Å². The lowest BCUT2D eigenvalue weighted by Gasteiger charge is -2.20. The molecule has 0 saturated carbocycles. The summed E-state index contributed by atoms with van der Waals surface area (Å²) in [6.45, 7) is 3.14. The fourth-order valence-electron chi connectivity index (χ4n) is 4.60. The van der Waals surface area contributed by atoms with Gasteiger partial charge in [0.2, 0.25) is 0 Å². The van der Waals surface area contributed by atoms with E-state index in [1.54, 1.807) is 12.1 Å². The van der Waals surface area contributed by atoms with E-state index in [2.05, 4.69) is 43.2 Å². The Hall–Kier alpha value is -5.08. The number of thiazole rings is 2. The van der Waals surface area contributed by atoms with E-state index >= 15 is 0 Å². The molecule has 0 unspecified atom stereocenters. The first-order chi connectivity index (χ1) is 23.2. The molecule has 2 N–H and O–H groups in total. The number of rotatable bonds is 14. The number of aryl methyl sites for hydroxylation is 2. The molecule has 13 heteroatoms. The molecule has 0 atom stereocenters. The van der Waals surface area contributed by atoms with Crippen molar-refractivity contribution in [2.24, 2.45) is 0 Å². The molecule has 5 rings (SSSR count). The molecule has 246 valence electrons. The fourth-order valence-corrected chi connectivity index (χ4v) is 6.60. The van der Waals surface area contributed by atoms with Gasteiger partial charge in [0.05, 0.1) is 23.4 Å². The normalized spacial score (nSPS) is 10.8. The summed E-state index contributed by atoms with van der Waals surface area (Å²) in [4.78, 5) is 25.7. The molecule has 2 aromatic carbocycles. The summed E-state index contributed by atoms with van der Waals surface area (Å²) in [5.74, 6) is 8.13. The highest BCUT2D eigenvalue weighted by Gasteiger charge is 2.23. The molecule has 3 heterocycles. The molecular formula is C35H34FN7O3S2. The van der Waals surface area contributed by atoms with Crippen molar-refractivity contribution in [2.45, 2.75) is 32.6 Å². The van der Waals surface area contributed by atoms with Crippen LogP contribution in [0.4, 0.5) is 26.3 Å². The third-order valence-corrected chi connectivity index (χ3v) is 9.05. The first-order valence-electron chi connectivity index (χ1n) is 15.2. The zero-order valence-corrected chi connectivity index (χ0v) is 28.4.